The standard InChI is InChI=1S/C16H14BrNOS/c17-16(19-10-12-4-2-1-3-5-12)9-13-6-7-15-14(8-13)18-11-20-15/h1-8,11,16H,9-10H2. The van der Waals surface area contributed by atoms with Gasteiger partial charge in [0.15, 0.2) is 0 Å². The predicted molar refractivity (Wildman–Crippen MR) is 87.3 cm³/mol. The van der Waals surface area contributed by atoms with Crippen LogP contribution in [0.4, 0.5) is 0 Å². The summed E-state index contributed by atoms with van der Waals surface area (Å²) in [5.41, 5.74) is 5.37. The molecular weight excluding hydrogens is 334 g/mol. The minimum absolute atomic E-state index is 0.0128. The first-order valence-corrected chi connectivity index (χ1v) is 8.22. The summed E-state index contributed by atoms with van der Waals surface area (Å²) in [6.07, 6.45) is 0.834. The molecule has 0 fully saturated rings. The number of alkyl halides is 1. The smallest absolute Gasteiger partial charge is 0.116 e. The fourth-order valence-corrected chi connectivity index (χ4v) is 3.20. The number of hydrogen-bond donors (Lipinski definition) is 0. The van der Waals surface area contributed by atoms with E-state index in [1.807, 2.05) is 23.7 Å². The number of benzene rings is 2. The van der Waals surface area contributed by atoms with E-state index in [1.54, 1.807) is 11.3 Å². The first kappa shape index (κ1) is 13.7. The van der Waals surface area contributed by atoms with E-state index >= 15 is 0 Å². The van der Waals surface area contributed by atoms with Crippen molar-refractivity contribution in [1.82, 2.24) is 4.98 Å². The number of aromatic nitrogens is 1. The number of ether oxygens (including phenoxy) is 1. The van der Waals surface area contributed by atoms with Crippen molar-refractivity contribution in [3.8, 4) is 0 Å². The van der Waals surface area contributed by atoms with Crippen molar-refractivity contribution in [2.75, 3.05) is 0 Å². The monoisotopic (exact) mass is 347 g/mol. The molecule has 102 valence electrons. The van der Waals surface area contributed by atoms with Gasteiger partial charge in [-0.25, -0.2) is 4.98 Å². The molecular formula is C16H14BrNOS. The molecule has 0 spiro atoms. The summed E-state index contributed by atoms with van der Waals surface area (Å²) in [6, 6.07) is 16.6. The van der Waals surface area contributed by atoms with Crippen LogP contribution in [0, 0.1) is 0 Å². The summed E-state index contributed by atoms with van der Waals surface area (Å²) in [5, 5.41) is 0.0128. The first-order chi connectivity index (χ1) is 9.81. The second-order valence-electron chi connectivity index (χ2n) is 4.57. The Morgan fingerprint density at radius 1 is 1.10 bits per heavy atom. The third-order valence-electron chi connectivity index (χ3n) is 3.06. The Labute approximate surface area is 130 Å². The summed E-state index contributed by atoms with van der Waals surface area (Å²) in [5.74, 6) is 0. The van der Waals surface area contributed by atoms with Gasteiger partial charge in [-0.05, 0) is 23.3 Å². The van der Waals surface area contributed by atoms with Crippen molar-refractivity contribution >= 4 is 37.5 Å². The van der Waals surface area contributed by atoms with Crippen LogP contribution < -0.4 is 0 Å². The molecule has 4 heteroatoms. The molecule has 0 aliphatic heterocycles. The Morgan fingerprint density at radius 2 is 1.95 bits per heavy atom. The van der Waals surface area contributed by atoms with Crippen molar-refractivity contribution in [2.45, 2.75) is 18.0 Å². The maximum absolute atomic E-state index is 5.82. The van der Waals surface area contributed by atoms with Crippen LogP contribution in [0.1, 0.15) is 11.1 Å². The van der Waals surface area contributed by atoms with Gasteiger partial charge in [0.05, 0.1) is 22.3 Å². The quantitative estimate of drug-likeness (QED) is 0.619. The van der Waals surface area contributed by atoms with Crippen LogP contribution in [-0.2, 0) is 17.8 Å². The zero-order chi connectivity index (χ0) is 13.8. The highest BCUT2D eigenvalue weighted by Gasteiger charge is 2.07. The topological polar surface area (TPSA) is 22.1 Å². The lowest BCUT2D eigenvalue weighted by atomic mass is 10.1. The number of thiazole rings is 1. The Kier molecular flexibility index (Phi) is 4.45. The zero-order valence-corrected chi connectivity index (χ0v) is 13.2. The van der Waals surface area contributed by atoms with Crippen LogP contribution in [0.5, 0.6) is 0 Å². The van der Waals surface area contributed by atoms with Gasteiger partial charge >= 0.3 is 0 Å². The number of nitrogens with zero attached hydrogens (tertiary/aromatic N) is 1. The van der Waals surface area contributed by atoms with Crippen LogP contribution in [0.2, 0.25) is 0 Å². The van der Waals surface area contributed by atoms with Gasteiger partial charge < -0.3 is 4.74 Å². The van der Waals surface area contributed by atoms with Crippen LogP contribution in [0.3, 0.4) is 0 Å². The van der Waals surface area contributed by atoms with E-state index in [0.717, 1.165) is 11.9 Å². The van der Waals surface area contributed by atoms with Crippen molar-refractivity contribution in [3.05, 3.63) is 65.2 Å². The van der Waals surface area contributed by atoms with E-state index in [1.165, 1.54) is 15.8 Å². The molecule has 1 heterocycles. The van der Waals surface area contributed by atoms with E-state index in [2.05, 4.69) is 51.2 Å². The number of hydrogen-bond acceptors (Lipinski definition) is 3. The van der Waals surface area contributed by atoms with Gasteiger partial charge in [-0.3, -0.25) is 0 Å². The van der Waals surface area contributed by atoms with Gasteiger partial charge in [-0.15, -0.1) is 11.3 Å². The lowest BCUT2D eigenvalue weighted by Crippen LogP contribution is -2.08. The largest absolute Gasteiger partial charge is 0.362 e. The average Bonchev–Trinajstić information content (AvgIpc) is 2.94. The molecule has 0 bridgehead atoms. The normalized spacial score (nSPS) is 12.7. The molecule has 0 amide bonds. The summed E-state index contributed by atoms with van der Waals surface area (Å²) >= 11 is 5.26. The number of halogens is 1. The molecule has 2 aromatic carbocycles. The van der Waals surface area contributed by atoms with Crippen LogP contribution in [0.15, 0.2) is 54.0 Å². The Hall–Kier alpha value is -1.23. The number of rotatable bonds is 5. The van der Waals surface area contributed by atoms with E-state index in [4.69, 9.17) is 4.74 Å². The minimum atomic E-state index is 0.0128. The van der Waals surface area contributed by atoms with Gasteiger partial charge in [0, 0.05) is 6.42 Å². The zero-order valence-electron chi connectivity index (χ0n) is 10.8. The molecule has 20 heavy (non-hydrogen) atoms. The number of fused-ring (bicyclic) bond motifs is 1. The molecule has 1 aromatic heterocycles. The molecule has 0 aliphatic carbocycles. The van der Waals surface area contributed by atoms with E-state index in [9.17, 15) is 0 Å². The fraction of sp³-hybridized carbons (Fsp3) is 0.188. The Morgan fingerprint density at radius 3 is 2.80 bits per heavy atom. The highest BCUT2D eigenvalue weighted by Crippen LogP contribution is 2.21. The van der Waals surface area contributed by atoms with Crippen molar-refractivity contribution < 1.29 is 4.74 Å². The van der Waals surface area contributed by atoms with E-state index < -0.39 is 0 Å². The molecule has 3 rings (SSSR count). The lowest BCUT2D eigenvalue weighted by molar-refractivity contribution is 0.104. The van der Waals surface area contributed by atoms with E-state index in [-0.39, 0.29) is 5.01 Å². The summed E-state index contributed by atoms with van der Waals surface area (Å²) < 4.78 is 7.05. The molecule has 0 aliphatic rings. The predicted octanol–water partition coefficient (Wildman–Crippen LogP) is 4.78. The second-order valence-corrected chi connectivity index (χ2v) is 6.47. The molecule has 2 nitrogen and oxygen atoms in total. The van der Waals surface area contributed by atoms with Crippen LogP contribution in [-0.4, -0.2) is 10.00 Å². The third kappa shape index (κ3) is 3.45. The third-order valence-corrected chi connectivity index (χ3v) is 4.46. The summed E-state index contributed by atoms with van der Waals surface area (Å²) in [4.78, 5) is 4.34. The first-order valence-electron chi connectivity index (χ1n) is 6.43. The van der Waals surface area contributed by atoms with Crippen LogP contribution in [0.25, 0.3) is 10.2 Å². The molecule has 1 unspecified atom stereocenters. The van der Waals surface area contributed by atoms with Gasteiger partial charge in [-0.2, -0.15) is 0 Å². The Bertz CT molecular complexity index is 683. The van der Waals surface area contributed by atoms with Crippen molar-refractivity contribution in [3.63, 3.8) is 0 Å². The maximum Gasteiger partial charge on any atom is 0.116 e. The average molecular weight is 348 g/mol. The molecule has 0 saturated carbocycles. The molecule has 3 aromatic rings. The molecule has 0 radical (unpaired) electrons. The highest BCUT2D eigenvalue weighted by molar-refractivity contribution is 9.09. The van der Waals surface area contributed by atoms with Crippen molar-refractivity contribution in [2.24, 2.45) is 0 Å². The fourth-order valence-electron chi connectivity index (χ4n) is 2.04. The maximum atomic E-state index is 5.82. The summed E-state index contributed by atoms with van der Waals surface area (Å²) in [6.45, 7) is 0.621. The van der Waals surface area contributed by atoms with Gasteiger partial charge in [0.1, 0.15) is 5.01 Å². The second kappa shape index (κ2) is 6.48. The van der Waals surface area contributed by atoms with E-state index in [0.29, 0.717) is 6.61 Å². The molecule has 0 N–H and O–H groups in total. The SMILES string of the molecule is BrC(Cc1ccc2scnc2c1)OCc1ccccc1. The highest BCUT2D eigenvalue weighted by atomic mass is 79.9. The van der Waals surface area contributed by atoms with Crippen molar-refractivity contribution in [1.29, 1.82) is 0 Å². The summed E-state index contributed by atoms with van der Waals surface area (Å²) in [7, 11) is 0. The van der Waals surface area contributed by atoms with Gasteiger partial charge in [-0.1, -0.05) is 52.3 Å². The van der Waals surface area contributed by atoms with Gasteiger partial charge in [0.25, 0.3) is 0 Å². The Balaban J connectivity index is 1.59. The van der Waals surface area contributed by atoms with Gasteiger partial charge in [0.2, 0.25) is 0 Å². The van der Waals surface area contributed by atoms with Crippen LogP contribution >= 0.6 is 27.3 Å². The molecule has 1 atom stereocenters. The molecule has 0 saturated heterocycles. The lowest BCUT2D eigenvalue weighted by Gasteiger charge is -2.11. The minimum Gasteiger partial charge on any atom is -0.362 e.